The van der Waals surface area contributed by atoms with Crippen LogP contribution in [0.5, 0.6) is 0 Å². The Hall–Kier alpha value is -0.840. The summed E-state index contributed by atoms with van der Waals surface area (Å²) in [6.45, 7) is 0. The number of carbonyl (C=O) groups is 1. The van der Waals surface area contributed by atoms with E-state index in [0.29, 0.717) is 15.9 Å². The molecular weight excluding hydrogens is 417 g/mol. The second kappa shape index (κ2) is 7.97. The molecule has 0 aromatic heterocycles. The summed E-state index contributed by atoms with van der Waals surface area (Å²) in [7, 11) is 0. The van der Waals surface area contributed by atoms with Crippen molar-refractivity contribution in [2.24, 2.45) is 0 Å². The van der Waals surface area contributed by atoms with Gasteiger partial charge in [0.05, 0.1) is 10.6 Å². The number of hydrogen-bond donors (Lipinski definition) is 1. The van der Waals surface area contributed by atoms with Crippen molar-refractivity contribution in [3.05, 3.63) is 69.2 Å². The van der Waals surface area contributed by atoms with Gasteiger partial charge in [-0.2, -0.15) is 0 Å². The molecule has 0 spiro atoms. The Morgan fingerprint density at radius 3 is 2.52 bits per heavy atom. The van der Waals surface area contributed by atoms with Gasteiger partial charge in [-0.1, -0.05) is 73.8 Å². The van der Waals surface area contributed by atoms with E-state index in [1.807, 2.05) is 18.2 Å². The third-order valence-electron chi connectivity index (χ3n) is 3.02. The topological polar surface area (TPSA) is 29.1 Å². The third-order valence-corrected chi connectivity index (χ3v) is 4.61. The molecule has 21 heavy (non-hydrogen) atoms. The van der Waals surface area contributed by atoms with Crippen molar-refractivity contribution in [2.45, 2.75) is 12.5 Å². The molecule has 0 aliphatic rings. The summed E-state index contributed by atoms with van der Waals surface area (Å²) in [6.07, 6.45) is 0.770. The SMILES string of the molecule is O=C(NC(CBr)Cc1ccccc1)c1ccc(Br)cc1Cl. The van der Waals surface area contributed by atoms with Gasteiger partial charge < -0.3 is 5.32 Å². The number of rotatable bonds is 5. The minimum atomic E-state index is -0.159. The molecule has 1 atom stereocenters. The van der Waals surface area contributed by atoms with Gasteiger partial charge in [-0.05, 0) is 30.2 Å². The third kappa shape index (κ3) is 4.83. The number of carbonyl (C=O) groups excluding carboxylic acids is 1. The molecule has 1 unspecified atom stereocenters. The molecule has 0 saturated carbocycles. The van der Waals surface area contributed by atoms with Crippen molar-refractivity contribution < 1.29 is 4.79 Å². The summed E-state index contributed by atoms with van der Waals surface area (Å²) < 4.78 is 0.852. The fourth-order valence-corrected chi connectivity index (χ4v) is 3.13. The summed E-state index contributed by atoms with van der Waals surface area (Å²) >= 11 is 12.9. The van der Waals surface area contributed by atoms with E-state index in [1.165, 1.54) is 5.56 Å². The normalized spacial score (nSPS) is 12.0. The van der Waals surface area contributed by atoms with Gasteiger partial charge in [0.2, 0.25) is 0 Å². The fourth-order valence-electron chi connectivity index (χ4n) is 1.98. The van der Waals surface area contributed by atoms with Crippen LogP contribution < -0.4 is 5.32 Å². The molecule has 2 aromatic rings. The molecule has 1 amide bonds. The van der Waals surface area contributed by atoms with Crippen LogP contribution in [0.25, 0.3) is 0 Å². The molecule has 0 saturated heterocycles. The Morgan fingerprint density at radius 1 is 1.19 bits per heavy atom. The van der Waals surface area contributed by atoms with E-state index < -0.39 is 0 Å². The highest BCUT2D eigenvalue weighted by molar-refractivity contribution is 9.10. The van der Waals surface area contributed by atoms with E-state index in [0.717, 1.165) is 10.9 Å². The highest BCUT2D eigenvalue weighted by atomic mass is 79.9. The van der Waals surface area contributed by atoms with E-state index >= 15 is 0 Å². The zero-order valence-corrected chi connectivity index (χ0v) is 15.1. The zero-order valence-electron chi connectivity index (χ0n) is 11.2. The molecule has 1 N–H and O–H groups in total. The van der Waals surface area contributed by atoms with Crippen molar-refractivity contribution in [3.63, 3.8) is 0 Å². The van der Waals surface area contributed by atoms with Crippen LogP contribution in [0.4, 0.5) is 0 Å². The molecule has 2 nitrogen and oxygen atoms in total. The van der Waals surface area contributed by atoms with Crippen LogP contribution >= 0.6 is 43.5 Å². The lowest BCUT2D eigenvalue weighted by Gasteiger charge is -2.17. The summed E-state index contributed by atoms with van der Waals surface area (Å²) in [5, 5.41) is 4.13. The number of amides is 1. The Kier molecular flexibility index (Phi) is 6.27. The summed E-state index contributed by atoms with van der Waals surface area (Å²) in [5.41, 5.74) is 1.67. The van der Waals surface area contributed by atoms with Gasteiger partial charge in [-0.3, -0.25) is 4.79 Å². The van der Waals surface area contributed by atoms with Crippen LogP contribution in [-0.4, -0.2) is 17.3 Å². The van der Waals surface area contributed by atoms with Crippen molar-refractivity contribution in [2.75, 3.05) is 5.33 Å². The maximum absolute atomic E-state index is 12.3. The van der Waals surface area contributed by atoms with Crippen LogP contribution in [0.3, 0.4) is 0 Å². The molecule has 2 aromatic carbocycles. The van der Waals surface area contributed by atoms with Crippen LogP contribution in [0.1, 0.15) is 15.9 Å². The number of alkyl halides is 1. The predicted octanol–water partition coefficient (Wildman–Crippen LogP) is 4.84. The first-order chi connectivity index (χ1) is 10.1. The molecule has 0 radical (unpaired) electrons. The lowest BCUT2D eigenvalue weighted by molar-refractivity contribution is 0.0941. The first-order valence-corrected chi connectivity index (χ1v) is 8.75. The second-order valence-electron chi connectivity index (χ2n) is 4.64. The van der Waals surface area contributed by atoms with Gasteiger partial charge in [0.15, 0.2) is 0 Å². The number of nitrogens with one attached hydrogen (secondary N) is 1. The van der Waals surface area contributed by atoms with E-state index in [9.17, 15) is 4.79 Å². The van der Waals surface area contributed by atoms with Crippen molar-refractivity contribution >= 4 is 49.4 Å². The first kappa shape index (κ1) is 16.5. The van der Waals surface area contributed by atoms with Crippen LogP contribution in [0.15, 0.2) is 53.0 Å². The molecular formula is C16H14Br2ClNO. The quantitative estimate of drug-likeness (QED) is 0.675. The minimum absolute atomic E-state index is 0.0135. The highest BCUT2D eigenvalue weighted by Crippen LogP contribution is 2.21. The Morgan fingerprint density at radius 2 is 1.90 bits per heavy atom. The van der Waals surface area contributed by atoms with Crippen LogP contribution in [-0.2, 0) is 6.42 Å². The van der Waals surface area contributed by atoms with Crippen molar-refractivity contribution in [3.8, 4) is 0 Å². The predicted molar refractivity (Wildman–Crippen MR) is 94.3 cm³/mol. The average Bonchev–Trinajstić information content (AvgIpc) is 2.47. The van der Waals surface area contributed by atoms with Gasteiger partial charge in [0, 0.05) is 15.8 Å². The highest BCUT2D eigenvalue weighted by Gasteiger charge is 2.15. The lowest BCUT2D eigenvalue weighted by Crippen LogP contribution is -2.37. The molecule has 0 heterocycles. The largest absolute Gasteiger partial charge is 0.348 e. The molecule has 5 heteroatoms. The monoisotopic (exact) mass is 429 g/mol. The fraction of sp³-hybridized carbons (Fsp3) is 0.188. The van der Waals surface area contributed by atoms with Gasteiger partial charge in [0.1, 0.15) is 0 Å². The molecule has 0 fully saturated rings. The summed E-state index contributed by atoms with van der Waals surface area (Å²) in [6, 6.07) is 15.3. The Bertz CT molecular complexity index is 619. The maximum atomic E-state index is 12.3. The van der Waals surface area contributed by atoms with Crippen molar-refractivity contribution in [1.82, 2.24) is 5.32 Å². The Labute approximate surface area is 146 Å². The number of benzene rings is 2. The van der Waals surface area contributed by atoms with Gasteiger partial charge in [0.25, 0.3) is 5.91 Å². The lowest BCUT2D eigenvalue weighted by atomic mass is 10.1. The van der Waals surface area contributed by atoms with Gasteiger partial charge >= 0.3 is 0 Å². The standard InChI is InChI=1S/C16H14Br2ClNO/c17-10-13(8-11-4-2-1-3-5-11)20-16(21)14-7-6-12(18)9-15(14)19/h1-7,9,13H,8,10H2,(H,20,21). The smallest absolute Gasteiger partial charge is 0.253 e. The minimum Gasteiger partial charge on any atom is -0.348 e. The van der Waals surface area contributed by atoms with E-state index in [4.69, 9.17) is 11.6 Å². The molecule has 0 bridgehead atoms. The molecule has 0 aliphatic carbocycles. The summed E-state index contributed by atoms with van der Waals surface area (Å²) in [4.78, 5) is 12.3. The molecule has 2 rings (SSSR count). The van der Waals surface area contributed by atoms with Gasteiger partial charge in [-0.15, -0.1) is 0 Å². The molecule has 0 aliphatic heterocycles. The van der Waals surface area contributed by atoms with E-state index in [1.54, 1.807) is 18.2 Å². The average molecular weight is 432 g/mol. The Balaban J connectivity index is 2.06. The van der Waals surface area contributed by atoms with E-state index in [2.05, 4.69) is 49.3 Å². The van der Waals surface area contributed by atoms with Crippen LogP contribution in [0, 0.1) is 0 Å². The maximum Gasteiger partial charge on any atom is 0.253 e. The van der Waals surface area contributed by atoms with Gasteiger partial charge in [-0.25, -0.2) is 0 Å². The number of hydrogen-bond acceptors (Lipinski definition) is 1. The van der Waals surface area contributed by atoms with Crippen LogP contribution in [0.2, 0.25) is 5.02 Å². The zero-order chi connectivity index (χ0) is 15.2. The summed E-state index contributed by atoms with van der Waals surface area (Å²) in [5.74, 6) is -0.159. The van der Waals surface area contributed by atoms with Crippen molar-refractivity contribution in [1.29, 1.82) is 0 Å². The van der Waals surface area contributed by atoms with E-state index in [-0.39, 0.29) is 11.9 Å². The first-order valence-electron chi connectivity index (χ1n) is 6.46. The second-order valence-corrected chi connectivity index (χ2v) is 6.61. The number of halogens is 3. The molecule has 110 valence electrons.